The van der Waals surface area contributed by atoms with E-state index in [0.29, 0.717) is 12.4 Å². The summed E-state index contributed by atoms with van der Waals surface area (Å²) in [7, 11) is 1.62. The van der Waals surface area contributed by atoms with Gasteiger partial charge in [0.1, 0.15) is 0 Å². The molecule has 0 aliphatic rings. The monoisotopic (exact) mass is 431 g/mol. The van der Waals surface area contributed by atoms with Crippen LogP contribution in [0, 0.1) is 6.92 Å². The van der Waals surface area contributed by atoms with Crippen LogP contribution in [0.5, 0.6) is 11.5 Å². The number of hydrogen-bond donors (Lipinski definition) is 1. The molecule has 2 aromatic carbocycles. The van der Waals surface area contributed by atoms with Gasteiger partial charge in [-0.1, -0.05) is 41.8 Å². The summed E-state index contributed by atoms with van der Waals surface area (Å²) in [5.74, 6) is 1.21. The molecule has 5 heteroatoms. The van der Waals surface area contributed by atoms with Gasteiger partial charge in [0.2, 0.25) is 5.91 Å². The van der Waals surface area contributed by atoms with E-state index in [9.17, 15) is 4.79 Å². The number of unbranched alkanes of at least 4 members (excludes halogenated alkanes) is 2. The van der Waals surface area contributed by atoms with Crippen molar-refractivity contribution in [3.8, 4) is 11.5 Å². The highest BCUT2D eigenvalue weighted by Gasteiger charge is 2.06. The van der Waals surface area contributed by atoms with E-state index < -0.39 is 0 Å². The minimum atomic E-state index is -0.181. The maximum Gasteiger partial charge on any atom is 0.248 e. The molecule has 0 spiro atoms. The summed E-state index contributed by atoms with van der Waals surface area (Å²) in [6.45, 7) is 4.79. The predicted octanol–water partition coefficient (Wildman–Crippen LogP) is 5.99. The molecule has 0 aliphatic heterocycles. The van der Waals surface area contributed by atoms with E-state index in [-0.39, 0.29) is 5.91 Å². The maximum atomic E-state index is 12.2. The minimum Gasteiger partial charge on any atom is -0.493 e. The van der Waals surface area contributed by atoms with E-state index in [1.165, 1.54) is 6.08 Å². The highest BCUT2D eigenvalue weighted by Crippen LogP contribution is 2.29. The van der Waals surface area contributed by atoms with Crippen molar-refractivity contribution < 1.29 is 14.3 Å². The van der Waals surface area contributed by atoms with E-state index in [1.54, 1.807) is 13.2 Å². The molecule has 27 heavy (non-hydrogen) atoms. The van der Waals surface area contributed by atoms with Gasteiger partial charge < -0.3 is 14.8 Å². The molecule has 0 aromatic heterocycles. The second-order valence-electron chi connectivity index (χ2n) is 6.25. The van der Waals surface area contributed by atoms with E-state index in [1.807, 2.05) is 43.3 Å². The zero-order valence-electron chi connectivity index (χ0n) is 16.0. The summed E-state index contributed by atoms with van der Waals surface area (Å²) in [6, 6.07) is 11.4. The summed E-state index contributed by atoms with van der Waals surface area (Å²) in [4.78, 5) is 12.2. The minimum absolute atomic E-state index is 0.181. The molecule has 4 nitrogen and oxygen atoms in total. The first-order valence-electron chi connectivity index (χ1n) is 9.09. The summed E-state index contributed by atoms with van der Waals surface area (Å²) >= 11 is 3.42. The van der Waals surface area contributed by atoms with E-state index in [2.05, 4.69) is 28.2 Å². The van der Waals surface area contributed by atoms with Gasteiger partial charge >= 0.3 is 0 Å². The van der Waals surface area contributed by atoms with Crippen LogP contribution in [0.15, 0.2) is 46.9 Å². The number of nitrogens with one attached hydrogen (secondary N) is 1. The van der Waals surface area contributed by atoms with Gasteiger partial charge in [0.15, 0.2) is 11.5 Å². The third-order valence-electron chi connectivity index (χ3n) is 4.07. The molecule has 144 valence electrons. The standard InChI is InChI=1S/C22H26BrNO3/c1-4-5-6-13-27-20-11-7-17(15-21(20)26-3)8-12-22(25)24-19-10-9-18(23)14-16(19)2/h7-12,14-15H,4-6,13H2,1-3H3,(H,24,25)/b12-8+. The lowest BCUT2D eigenvalue weighted by Crippen LogP contribution is -2.08. The third kappa shape index (κ3) is 6.75. The van der Waals surface area contributed by atoms with E-state index in [0.717, 1.165) is 46.3 Å². The Morgan fingerprint density at radius 1 is 1.15 bits per heavy atom. The van der Waals surface area contributed by atoms with Crippen molar-refractivity contribution in [2.45, 2.75) is 33.1 Å². The van der Waals surface area contributed by atoms with Gasteiger partial charge in [-0.05, 0) is 60.9 Å². The average molecular weight is 432 g/mol. The second kappa shape index (κ2) is 10.8. The van der Waals surface area contributed by atoms with E-state index in [4.69, 9.17) is 9.47 Å². The number of benzene rings is 2. The van der Waals surface area contributed by atoms with Crippen molar-refractivity contribution in [3.05, 3.63) is 58.1 Å². The zero-order chi connectivity index (χ0) is 19.6. The van der Waals surface area contributed by atoms with Gasteiger partial charge in [0.05, 0.1) is 13.7 Å². The number of methoxy groups -OCH3 is 1. The quantitative estimate of drug-likeness (QED) is 0.391. The number of anilines is 1. The average Bonchev–Trinajstić information content (AvgIpc) is 2.66. The van der Waals surface area contributed by atoms with Gasteiger partial charge in [-0.2, -0.15) is 0 Å². The number of aryl methyl sites for hydroxylation is 1. The molecule has 0 fully saturated rings. The molecule has 1 amide bonds. The fourth-order valence-electron chi connectivity index (χ4n) is 2.55. The van der Waals surface area contributed by atoms with Crippen molar-refractivity contribution in [2.75, 3.05) is 19.0 Å². The SMILES string of the molecule is CCCCCOc1ccc(/C=C/C(=O)Nc2ccc(Br)cc2C)cc1OC. The Bertz CT molecular complexity index is 802. The van der Waals surface area contributed by atoms with Crippen molar-refractivity contribution in [1.82, 2.24) is 0 Å². The van der Waals surface area contributed by atoms with Crippen molar-refractivity contribution in [3.63, 3.8) is 0 Å². The van der Waals surface area contributed by atoms with E-state index >= 15 is 0 Å². The maximum absolute atomic E-state index is 12.2. The van der Waals surface area contributed by atoms with Crippen molar-refractivity contribution in [2.24, 2.45) is 0 Å². The molecule has 2 rings (SSSR count). The lowest BCUT2D eigenvalue weighted by Gasteiger charge is -2.11. The summed E-state index contributed by atoms with van der Waals surface area (Å²) in [5.41, 5.74) is 2.66. The molecule has 0 atom stereocenters. The van der Waals surface area contributed by atoms with Crippen LogP contribution >= 0.6 is 15.9 Å². The van der Waals surface area contributed by atoms with Gasteiger partial charge in [0.25, 0.3) is 0 Å². The number of carbonyl (C=O) groups is 1. The Kier molecular flexibility index (Phi) is 8.40. The molecular weight excluding hydrogens is 406 g/mol. The predicted molar refractivity (Wildman–Crippen MR) is 115 cm³/mol. The Morgan fingerprint density at radius 3 is 2.67 bits per heavy atom. The van der Waals surface area contributed by atoms with Crippen LogP contribution in [0.4, 0.5) is 5.69 Å². The third-order valence-corrected chi connectivity index (χ3v) is 4.56. The Hall–Kier alpha value is -2.27. The molecule has 0 heterocycles. The first-order chi connectivity index (χ1) is 13.0. The molecular formula is C22H26BrNO3. The molecule has 0 radical (unpaired) electrons. The molecule has 0 bridgehead atoms. The number of carbonyl (C=O) groups excluding carboxylic acids is 1. The van der Waals surface area contributed by atoms with Crippen LogP contribution in [-0.2, 0) is 4.79 Å². The summed E-state index contributed by atoms with van der Waals surface area (Å²) < 4.78 is 12.2. The fourth-order valence-corrected chi connectivity index (χ4v) is 3.03. The molecule has 0 saturated heterocycles. The van der Waals surface area contributed by atoms with Crippen LogP contribution in [0.25, 0.3) is 6.08 Å². The highest BCUT2D eigenvalue weighted by atomic mass is 79.9. The second-order valence-corrected chi connectivity index (χ2v) is 7.16. The first-order valence-corrected chi connectivity index (χ1v) is 9.89. The number of halogens is 1. The van der Waals surface area contributed by atoms with Gasteiger partial charge in [0, 0.05) is 16.2 Å². The summed E-state index contributed by atoms with van der Waals surface area (Å²) in [6.07, 6.45) is 6.60. The van der Waals surface area contributed by atoms with Crippen molar-refractivity contribution in [1.29, 1.82) is 0 Å². The zero-order valence-corrected chi connectivity index (χ0v) is 17.6. The lowest BCUT2D eigenvalue weighted by molar-refractivity contribution is -0.111. The smallest absolute Gasteiger partial charge is 0.248 e. The normalized spacial score (nSPS) is 10.8. The molecule has 1 N–H and O–H groups in total. The van der Waals surface area contributed by atoms with Gasteiger partial charge in [-0.25, -0.2) is 0 Å². The topological polar surface area (TPSA) is 47.6 Å². The van der Waals surface area contributed by atoms with Crippen molar-refractivity contribution >= 4 is 33.6 Å². The Morgan fingerprint density at radius 2 is 1.96 bits per heavy atom. The Balaban J connectivity index is 1.99. The van der Waals surface area contributed by atoms with Gasteiger partial charge in [-0.3, -0.25) is 4.79 Å². The first kappa shape index (κ1) is 21.0. The number of hydrogen-bond acceptors (Lipinski definition) is 3. The summed E-state index contributed by atoms with van der Waals surface area (Å²) in [5, 5.41) is 2.88. The fraction of sp³-hybridized carbons (Fsp3) is 0.318. The Labute approximate surface area is 169 Å². The largest absolute Gasteiger partial charge is 0.493 e. The van der Waals surface area contributed by atoms with Crippen LogP contribution in [0.1, 0.15) is 37.3 Å². The highest BCUT2D eigenvalue weighted by molar-refractivity contribution is 9.10. The molecule has 0 saturated carbocycles. The molecule has 0 aliphatic carbocycles. The van der Waals surface area contributed by atoms with Crippen LogP contribution in [-0.4, -0.2) is 19.6 Å². The molecule has 0 unspecified atom stereocenters. The van der Waals surface area contributed by atoms with Crippen LogP contribution in [0.3, 0.4) is 0 Å². The number of ether oxygens (including phenoxy) is 2. The number of amides is 1. The molecule has 2 aromatic rings. The van der Waals surface area contributed by atoms with Crippen LogP contribution < -0.4 is 14.8 Å². The van der Waals surface area contributed by atoms with Crippen LogP contribution in [0.2, 0.25) is 0 Å². The lowest BCUT2D eigenvalue weighted by atomic mass is 10.1. The number of rotatable bonds is 9. The van der Waals surface area contributed by atoms with Gasteiger partial charge in [-0.15, -0.1) is 0 Å².